The Kier molecular flexibility index (Phi) is 4.40. The molecule has 2 aromatic rings. The lowest BCUT2D eigenvalue weighted by Gasteiger charge is -2.46. The van der Waals surface area contributed by atoms with Crippen LogP contribution in [-0.4, -0.2) is 44.6 Å². The number of fused-ring (bicyclic) bond motifs is 1. The molecule has 8 heteroatoms. The number of hydrogen-bond donors (Lipinski definition) is 1. The van der Waals surface area contributed by atoms with Gasteiger partial charge in [0.05, 0.1) is 17.7 Å². The molecule has 7 nitrogen and oxygen atoms in total. The largest absolute Gasteiger partial charge is 0.597 e. The first-order chi connectivity index (χ1) is 14.0. The summed E-state index contributed by atoms with van der Waals surface area (Å²) < 4.78 is 40.7. The lowest BCUT2D eigenvalue weighted by Crippen LogP contribution is -2.70. The summed E-state index contributed by atoms with van der Waals surface area (Å²) in [6.07, 6.45) is 6.28. The maximum Gasteiger partial charge on any atom is 0.340 e. The summed E-state index contributed by atoms with van der Waals surface area (Å²) in [7, 11) is -3.63. The third-order valence-corrected chi connectivity index (χ3v) is 7.75. The highest BCUT2D eigenvalue weighted by Gasteiger charge is 2.69. The van der Waals surface area contributed by atoms with E-state index in [1.54, 1.807) is 24.4 Å². The van der Waals surface area contributed by atoms with Gasteiger partial charge in [-0.25, -0.2) is 4.79 Å². The van der Waals surface area contributed by atoms with Crippen LogP contribution in [0.5, 0.6) is 0 Å². The van der Waals surface area contributed by atoms with Gasteiger partial charge in [0.25, 0.3) is 0 Å². The Hall–Kier alpha value is -2.39. The normalized spacial score (nSPS) is 37.3. The molecule has 1 aromatic heterocycles. The number of hydrogen-bond acceptors (Lipinski definition) is 6. The van der Waals surface area contributed by atoms with E-state index in [4.69, 9.17) is 9.47 Å². The van der Waals surface area contributed by atoms with Gasteiger partial charge in [0.15, 0.2) is 17.0 Å². The zero-order valence-corrected chi connectivity index (χ0v) is 16.3. The van der Waals surface area contributed by atoms with Gasteiger partial charge >= 0.3 is 5.97 Å². The van der Waals surface area contributed by atoms with Crippen LogP contribution >= 0.6 is 0 Å². The van der Waals surface area contributed by atoms with Crippen LogP contribution in [0.2, 0.25) is 0 Å². The lowest BCUT2D eigenvalue weighted by molar-refractivity contribution is -0.0879. The van der Waals surface area contributed by atoms with E-state index in [2.05, 4.69) is 9.71 Å². The van der Waals surface area contributed by atoms with Crippen molar-refractivity contribution in [2.75, 3.05) is 0 Å². The van der Waals surface area contributed by atoms with E-state index >= 15 is 0 Å². The molecule has 5 rings (SSSR count). The van der Waals surface area contributed by atoms with Gasteiger partial charge in [-0.1, -0.05) is 40.6 Å². The summed E-state index contributed by atoms with van der Waals surface area (Å²) in [5.74, 6) is -0.553. The van der Waals surface area contributed by atoms with Crippen LogP contribution < -0.4 is 4.72 Å². The highest BCUT2D eigenvalue weighted by atomic mass is 32.3. The molecule has 4 heterocycles. The second kappa shape index (κ2) is 6.84. The molecule has 150 valence electrons. The number of ether oxygens (including phenoxy) is 2. The molecule has 3 aliphatic rings. The van der Waals surface area contributed by atoms with Gasteiger partial charge in [0, 0.05) is 18.8 Å². The van der Waals surface area contributed by atoms with Crippen LogP contribution in [-0.2, 0) is 30.5 Å². The molecule has 1 spiro atoms. The predicted molar refractivity (Wildman–Crippen MR) is 104 cm³/mol. The second-order valence-electron chi connectivity index (χ2n) is 7.62. The maximum absolute atomic E-state index is 13.0. The predicted octanol–water partition coefficient (Wildman–Crippen LogP) is 1.83. The molecule has 29 heavy (non-hydrogen) atoms. The number of esters is 1. The van der Waals surface area contributed by atoms with Crippen LogP contribution in [0.4, 0.5) is 0 Å². The summed E-state index contributed by atoms with van der Waals surface area (Å²) >= 11 is 0. The number of nitrogens with one attached hydrogen (secondary N) is 1. The Morgan fingerprint density at radius 1 is 1.31 bits per heavy atom. The molecule has 0 amide bonds. The van der Waals surface area contributed by atoms with Gasteiger partial charge in [-0.2, -0.15) is 0 Å². The van der Waals surface area contributed by atoms with Crippen molar-refractivity contribution in [1.29, 1.82) is 0 Å². The first-order valence-corrected chi connectivity index (χ1v) is 11.1. The summed E-state index contributed by atoms with van der Waals surface area (Å²) in [5, 5.41) is -0.788. The summed E-state index contributed by atoms with van der Waals surface area (Å²) in [4.78, 5) is 16.8. The smallest absolute Gasteiger partial charge is 0.340 e. The zero-order chi connectivity index (χ0) is 20.1. The van der Waals surface area contributed by atoms with E-state index in [0.29, 0.717) is 18.4 Å². The molecule has 0 saturated carbocycles. The molecule has 0 aliphatic carbocycles. The van der Waals surface area contributed by atoms with Gasteiger partial charge in [-0.3, -0.25) is 4.98 Å². The molecule has 3 aliphatic heterocycles. The van der Waals surface area contributed by atoms with Crippen molar-refractivity contribution in [2.45, 2.75) is 41.9 Å². The SMILES string of the molecule is O=C(O[C@@H]1[C@H](Cc2ccccc2)N[S+](=O)([O-])[C@H]2CC3C=C[C@]12O3)c1cccnc1. The van der Waals surface area contributed by atoms with Crippen molar-refractivity contribution in [3.63, 3.8) is 0 Å². The minimum Gasteiger partial charge on any atom is -0.597 e. The van der Waals surface area contributed by atoms with E-state index < -0.39 is 39.4 Å². The molecule has 1 aromatic carbocycles. The fourth-order valence-electron chi connectivity index (χ4n) is 4.55. The molecule has 2 fully saturated rings. The molecule has 0 radical (unpaired) electrons. The van der Waals surface area contributed by atoms with Gasteiger partial charge in [-0.05, 0) is 30.2 Å². The minimum absolute atomic E-state index is 0.286. The summed E-state index contributed by atoms with van der Waals surface area (Å²) in [5.41, 5.74) is 0.0735. The molecular weight excluding hydrogens is 392 g/mol. The van der Waals surface area contributed by atoms with Crippen LogP contribution in [0.25, 0.3) is 0 Å². The topological polar surface area (TPSA) is 101 Å². The zero-order valence-electron chi connectivity index (χ0n) is 15.5. The first kappa shape index (κ1) is 18.6. The van der Waals surface area contributed by atoms with Gasteiger partial charge in [0.2, 0.25) is 0 Å². The molecular formula is C21H20N2O5S. The molecule has 6 atom stereocenters. The van der Waals surface area contributed by atoms with Gasteiger partial charge in [0.1, 0.15) is 10.4 Å². The Labute approximate surface area is 169 Å². The number of nitrogens with zero attached hydrogens (tertiary/aromatic N) is 1. The highest BCUT2D eigenvalue weighted by Crippen LogP contribution is 2.50. The fourth-order valence-corrected chi connectivity index (χ4v) is 6.53. The van der Waals surface area contributed by atoms with Crippen LogP contribution in [0.1, 0.15) is 22.3 Å². The van der Waals surface area contributed by atoms with Gasteiger partial charge < -0.3 is 14.0 Å². The number of carbonyl (C=O) groups is 1. The third-order valence-electron chi connectivity index (χ3n) is 5.81. The second-order valence-corrected chi connectivity index (χ2v) is 9.51. The van der Waals surface area contributed by atoms with E-state index in [1.807, 2.05) is 36.4 Å². The molecule has 2 saturated heterocycles. The standard InChI is InChI=1S/C21H20N2O5S/c24-20(15-7-4-10-22-13-15)27-19-17(11-14-5-2-1-3-6-14)23-29(25,26)18-12-16-8-9-21(18,19)28-16/h1-10,13,16-19H,11-12H2,(H-,23,25,26)/t16?,17-,18-,19+,21+/m0/s1. The number of sulfonamides is 1. The summed E-state index contributed by atoms with van der Waals surface area (Å²) in [6, 6.07) is 12.1. The number of aromatic nitrogens is 1. The van der Waals surface area contributed by atoms with Crippen molar-refractivity contribution in [3.8, 4) is 0 Å². The average Bonchev–Trinajstić information content (AvgIpc) is 3.32. The Bertz CT molecular complexity index is 999. The van der Waals surface area contributed by atoms with E-state index in [9.17, 15) is 13.6 Å². The highest BCUT2D eigenvalue weighted by molar-refractivity contribution is 7.96. The van der Waals surface area contributed by atoms with Crippen molar-refractivity contribution in [2.24, 2.45) is 0 Å². The van der Waals surface area contributed by atoms with E-state index in [1.165, 1.54) is 6.20 Å². The minimum atomic E-state index is -3.63. The molecule has 2 unspecified atom stereocenters. The monoisotopic (exact) mass is 412 g/mol. The Balaban J connectivity index is 1.52. The van der Waals surface area contributed by atoms with E-state index in [0.717, 1.165) is 5.56 Å². The lowest BCUT2D eigenvalue weighted by atomic mass is 9.83. The number of carbonyl (C=O) groups excluding carboxylic acids is 1. The fraction of sp³-hybridized carbons (Fsp3) is 0.333. The van der Waals surface area contributed by atoms with Crippen molar-refractivity contribution < 1.29 is 23.0 Å². The van der Waals surface area contributed by atoms with Crippen LogP contribution in [0.3, 0.4) is 0 Å². The van der Waals surface area contributed by atoms with Crippen LogP contribution in [0.15, 0.2) is 67.0 Å². The van der Waals surface area contributed by atoms with Crippen molar-refractivity contribution >= 4 is 16.4 Å². The number of rotatable bonds is 4. The van der Waals surface area contributed by atoms with Crippen LogP contribution in [0, 0.1) is 0 Å². The first-order valence-electron chi connectivity index (χ1n) is 9.51. The quantitative estimate of drug-likeness (QED) is 0.467. The molecule has 2 bridgehead atoms. The number of pyridine rings is 1. The Morgan fingerprint density at radius 3 is 2.86 bits per heavy atom. The average molecular weight is 412 g/mol. The van der Waals surface area contributed by atoms with Crippen molar-refractivity contribution in [1.82, 2.24) is 9.71 Å². The van der Waals surface area contributed by atoms with Crippen molar-refractivity contribution in [3.05, 3.63) is 78.1 Å². The van der Waals surface area contributed by atoms with Gasteiger partial charge in [-0.15, -0.1) is 4.72 Å². The maximum atomic E-state index is 13.0. The Morgan fingerprint density at radius 2 is 2.14 bits per heavy atom. The summed E-state index contributed by atoms with van der Waals surface area (Å²) in [6.45, 7) is 0. The van der Waals surface area contributed by atoms with E-state index in [-0.39, 0.29) is 6.10 Å². The number of benzene rings is 1. The third kappa shape index (κ3) is 3.12. The molecule has 1 N–H and O–H groups in total.